The Hall–Kier alpha value is -2.63. The number of fused-ring (bicyclic) bond motifs is 1. The van der Waals surface area contributed by atoms with E-state index in [2.05, 4.69) is 17.2 Å². The van der Waals surface area contributed by atoms with E-state index >= 15 is 0 Å². The van der Waals surface area contributed by atoms with Gasteiger partial charge in [0.05, 0.1) is 6.54 Å². The van der Waals surface area contributed by atoms with Crippen molar-refractivity contribution in [3.05, 3.63) is 35.5 Å². The first-order valence-electron chi connectivity index (χ1n) is 8.82. The van der Waals surface area contributed by atoms with Crippen LogP contribution in [0.5, 0.6) is 0 Å². The minimum absolute atomic E-state index is 0.213. The summed E-state index contributed by atoms with van der Waals surface area (Å²) in [5.41, 5.74) is 1.83. The Labute approximate surface area is 145 Å². The van der Waals surface area contributed by atoms with E-state index in [0.717, 1.165) is 40.6 Å². The fourth-order valence-electron chi connectivity index (χ4n) is 4.11. The van der Waals surface area contributed by atoms with Crippen LogP contribution in [-0.4, -0.2) is 39.7 Å². The number of Topliss-reactive ketones (excluding diaryl/α,β-unsaturated/α-hetero) is 1. The lowest BCUT2D eigenvalue weighted by Gasteiger charge is -2.19. The summed E-state index contributed by atoms with van der Waals surface area (Å²) in [6, 6.07) is 5.39. The van der Waals surface area contributed by atoms with Crippen molar-refractivity contribution in [1.29, 1.82) is 0 Å². The number of benzene rings is 1. The van der Waals surface area contributed by atoms with Crippen LogP contribution in [0.15, 0.2) is 24.4 Å². The predicted molar refractivity (Wildman–Crippen MR) is 93.5 cm³/mol. The first-order valence-corrected chi connectivity index (χ1v) is 8.82. The Bertz CT molecular complexity index is 877. The topological polar surface area (TPSA) is 82.3 Å². The number of carbonyl (C=O) groups is 3. The third kappa shape index (κ3) is 2.35. The van der Waals surface area contributed by atoms with E-state index in [1.54, 1.807) is 6.20 Å². The number of hydrogen-bond acceptors (Lipinski definition) is 3. The fourth-order valence-corrected chi connectivity index (χ4v) is 4.11. The van der Waals surface area contributed by atoms with E-state index in [9.17, 15) is 14.4 Å². The van der Waals surface area contributed by atoms with Gasteiger partial charge in [-0.25, -0.2) is 4.79 Å². The zero-order valence-corrected chi connectivity index (χ0v) is 14.2. The number of aromatic amines is 1. The number of hydrogen-bond donors (Lipinski definition) is 2. The van der Waals surface area contributed by atoms with Crippen LogP contribution < -0.4 is 5.32 Å². The molecule has 2 aromatic rings. The Morgan fingerprint density at radius 2 is 2.00 bits per heavy atom. The molecule has 4 rings (SSSR count). The third-order valence-corrected chi connectivity index (χ3v) is 5.49. The highest BCUT2D eigenvalue weighted by Gasteiger charge is 2.52. The summed E-state index contributed by atoms with van der Waals surface area (Å²) >= 11 is 0. The van der Waals surface area contributed by atoms with Crippen molar-refractivity contribution in [3.63, 3.8) is 0 Å². The molecule has 25 heavy (non-hydrogen) atoms. The summed E-state index contributed by atoms with van der Waals surface area (Å²) in [5.74, 6) is -0.476. The maximum atomic E-state index is 12.8. The van der Waals surface area contributed by atoms with Gasteiger partial charge < -0.3 is 10.3 Å². The number of nitrogens with zero attached hydrogens (tertiary/aromatic N) is 1. The molecule has 130 valence electrons. The lowest BCUT2D eigenvalue weighted by atomic mass is 9.98. The van der Waals surface area contributed by atoms with Crippen LogP contribution >= 0.6 is 0 Å². The van der Waals surface area contributed by atoms with Crippen molar-refractivity contribution >= 4 is 28.6 Å². The molecule has 1 saturated heterocycles. The minimum Gasteiger partial charge on any atom is -0.360 e. The van der Waals surface area contributed by atoms with E-state index in [0.29, 0.717) is 18.4 Å². The van der Waals surface area contributed by atoms with Crippen molar-refractivity contribution in [3.8, 4) is 0 Å². The number of rotatable bonds is 4. The maximum Gasteiger partial charge on any atom is 0.325 e. The Morgan fingerprint density at radius 1 is 1.24 bits per heavy atom. The van der Waals surface area contributed by atoms with Gasteiger partial charge in [0.1, 0.15) is 5.54 Å². The number of aryl methyl sites for hydroxylation is 1. The summed E-state index contributed by atoms with van der Waals surface area (Å²) in [6.07, 6.45) is 5.72. The van der Waals surface area contributed by atoms with Crippen LogP contribution in [-0.2, 0) is 11.2 Å². The van der Waals surface area contributed by atoms with Gasteiger partial charge in [0.2, 0.25) is 0 Å². The monoisotopic (exact) mass is 339 g/mol. The lowest BCUT2D eigenvalue weighted by Crippen LogP contribution is -2.44. The van der Waals surface area contributed by atoms with Gasteiger partial charge in [-0.05, 0) is 24.8 Å². The molecule has 0 radical (unpaired) electrons. The number of H-pyrrole nitrogens is 1. The third-order valence-electron chi connectivity index (χ3n) is 5.49. The summed E-state index contributed by atoms with van der Waals surface area (Å²) in [7, 11) is 0. The molecule has 0 unspecified atom stereocenters. The number of ketones is 1. The zero-order chi connectivity index (χ0) is 17.6. The molecule has 1 aromatic heterocycles. The van der Waals surface area contributed by atoms with Crippen molar-refractivity contribution in [1.82, 2.24) is 15.2 Å². The SMILES string of the molecule is CCc1cccc2c(C(=O)CN3C(=O)NC4(CCCC4)C3=O)c[nH]c12. The van der Waals surface area contributed by atoms with Crippen LogP contribution in [0.25, 0.3) is 10.9 Å². The van der Waals surface area contributed by atoms with Gasteiger partial charge in [0.25, 0.3) is 5.91 Å². The van der Waals surface area contributed by atoms with Crippen molar-refractivity contribution in [2.24, 2.45) is 0 Å². The van der Waals surface area contributed by atoms with Gasteiger partial charge in [-0.1, -0.05) is 38.0 Å². The van der Waals surface area contributed by atoms with E-state index in [1.165, 1.54) is 0 Å². The van der Waals surface area contributed by atoms with Crippen LogP contribution in [0, 0.1) is 0 Å². The summed E-state index contributed by atoms with van der Waals surface area (Å²) < 4.78 is 0. The van der Waals surface area contributed by atoms with E-state index < -0.39 is 11.6 Å². The van der Waals surface area contributed by atoms with Crippen LogP contribution in [0.3, 0.4) is 0 Å². The molecule has 6 nitrogen and oxygen atoms in total. The number of imide groups is 1. The van der Waals surface area contributed by atoms with E-state index in [4.69, 9.17) is 0 Å². The smallest absolute Gasteiger partial charge is 0.325 e. The van der Waals surface area contributed by atoms with E-state index in [-0.39, 0.29) is 18.2 Å². The van der Waals surface area contributed by atoms with Crippen molar-refractivity contribution in [2.45, 2.75) is 44.6 Å². The van der Waals surface area contributed by atoms with Gasteiger partial charge in [-0.3, -0.25) is 14.5 Å². The molecular weight excluding hydrogens is 318 g/mol. The quantitative estimate of drug-likeness (QED) is 0.664. The molecular formula is C19H21N3O3. The Morgan fingerprint density at radius 3 is 2.72 bits per heavy atom. The molecule has 1 aliphatic carbocycles. The molecule has 2 fully saturated rings. The second-order valence-electron chi connectivity index (χ2n) is 6.93. The first kappa shape index (κ1) is 15.9. The largest absolute Gasteiger partial charge is 0.360 e. The molecule has 1 saturated carbocycles. The normalized spacial score (nSPS) is 19.2. The number of amides is 3. The lowest BCUT2D eigenvalue weighted by molar-refractivity contribution is -0.130. The van der Waals surface area contributed by atoms with Crippen molar-refractivity contribution < 1.29 is 14.4 Å². The zero-order valence-electron chi connectivity index (χ0n) is 14.2. The van der Waals surface area contributed by atoms with Gasteiger partial charge in [0, 0.05) is 22.7 Å². The molecule has 2 heterocycles. The molecule has 2 aliphatic rings. The minimum atomic E-state index is -0.771. The Balaban J connectivity index is 1.61. The highest BCUT2D eigenvalue weighted by molar-refractivity contribution is 6.14. The second kappa shape index (κ2) is 5.72. The number of aromatic nitrogens is 1. The molecule has 1 aromatic carbocycles. The standard InChI is InChI=1S/C19H21N3O3/c1-2-12-6-5-7-13-14(10-20-16(12)13)15(23)11-22-17(24)19(21-18(22)25)8-3-4-9-19/h5-7,10,20H,2-4,8-9,11H2,1H3,(H,21,25). The fraction of sp³-hybridized carbons (Fsp3) is 0.421. The Kier molecular flexibility index (Phi) is 3.63. The number of carbonyl (C=O) groups excluding carboxylic acids is 3. The molecule has 0 atom stereocenters. The predicted octanol–water partition coefficient (Wildman–Crippen LogP) is 2.78. The summed E-state index contributed by atoms with van der Waals surface area (Å²) in [5, 5.41) is 3.65. The molecule has 6 heteroatoms. The number of urea groups is 1. The van der Waals surface area contributed by atoms with Gasteiger partial charge in [-0.15, -0.1) is 0 Å². The van der Waals surface area contributed by atoms with Gasteiger partial charge >= 0.3 is 6.03 Å². The average molecular weight is 339 g/mol. The van der Waals surface area contributed by atoms with Crippen molar-refractivity contribution in [2.75, 3.05) is 6.54 Å². The summed E-state index contributed by atoms with van der Waals surface area (Å²) in [6.45, 7) is 1.85. The van der Waals surface area contributed by atoms with Crippen LogP contribution in [0.2, 0.25) is 0 Å². The maximum absolute atomic E-state index is 12.8. The highest BCUT2D eigenvalue weighted by Crippen LogP contribution is 2.35. The highest BCUT2D eigenvalue weighted by atomic mass is 16.2. The van der Waals surface area contributed by atoms with Crippen LogP contribution in [0.1, 0.15) is 48.5 Å². The van der Waals surface area contributed by atoms with Gasteiger partial charge in [-0.2, -0.15) is 0 Å². The second-order valence-corrected chi connectivity index (χ2v) is 6.93. The van der Waals surface area contributed by atoms with Gasteiger partial charge in [0.15, 0.2) is 5.78 Å². The number of para-hydroxylation sites is 1. The van der Waals surface area contributed by atoms with Crippen LogP contribution in [0.4, 0.5) is 4.79 Å². The molecule has 0 bridgehead atoms. The first-order chi connectivity index (χ1) is 12.1. The molecule has 2 N–H and O–H groups in total. The molecule has 1 aliphatic heterocycles. The molecule has 1 spiro atoms. The number of nitrogens with one attached hydrogen (secondary N) is 2. The average Bonchev–Trinajstić information content (AvgIpc) is 3.30. The summed E-state index contributed by atoms with van der Waals surface area (Å²) in [4.78, 5) is 42.0. The van der Waals surface area contributed by atoms with E-state index in [1.807, 2.05) is 18.2 Å². The molecule has 3 amide bonds.